The quantitative estimate of drug-likeness (QED) is 0.764. The molecule has 4 heteroatoms. The van der Waals surface area contributed by atoms with Crippen LogP contribution in [0.3, 0.4) is 0 Å². The van der Waals surface area contributed by atoms with Crippen molar-refractivity contribution in [1.82, 2.24) is 0 Å². The van der Waals surface area contributed by atoms with Crippen molar-refractivity contribution in [2.75, 3.05) is 6.61 Å². The lowest BCUT2D eigenvalue weighted by Gasteiger charge is -2.08. The number of hydrogen-bond acceptors (Lipinski definition) is 2. The number of carbonyl (C=O) groups excluding carboxylic acids is 1. The fraction of sp³-hybridized carbons (Fsp3) is 0.500. The van der Waals surface area contributed by atoms with Gasteiger partial charge in [-0.05, 0) is 53.7 Å². The molecule has 1 saturated heterocycles. The second-order valence-electron chi connectivity index (χ2n) is 4.55. The van der Waals surface area contributed by atoms with E-state index in [1.165, 1.54) is 6.07 Å². The van der Waals surface area contributed by atoms with E-state index in [-0.39, 0.29) is 11.3 Å². The number of benzene rings is 1. The zero-order chi connectivity index (χ0) is 13.0. The maximum Gasteiger partial charge on any atom is 0.165 e. The van der Waals surface area contributed by atoms with Crippen molar-refractivity contribution in [3.8, 4) is 0 Å². The fourth-order valence-corrected chi connectivity index (χ4v) is 2.58. The molecule has 98 valence electrons. The zero-order valence-corrected chi connectivity index (χ0v) is 11.7. The van der Waals surface area contributed by atoms with Gasteiger partial charge in [-0.3, -0.25) is 4.79 Å². The van der Waals surface area contributed by atoms with E-state index in [1.54, 1.807) is 12.1 Å². The number of ketones is 1. The third-order valence-electron chi connectivity index (χ3n) is 3.21. The Morgan fingerprint density at radius 3 is 3.06 bits per heavy atom. The first-order valence-corrected chi connectivity index (χ1v) is 7.06. The van der Waals surface area contributed by atoms with Gasteiger partial charge in [-0.15, -0.1) is 0 Å². The van der Waals surface area contributed by atoms with Gasteiger partial charge in [-0.2, -0.15) is 0 Å². The smallest absolute Gasteiger partial charge is 0.165 e. The highest BCUT2D eigenvalue weighted by Crippen LogP contribution is 2.22. The van der Waals surface area contributed by atoms with E-state index >= 15 is 0 Å². The Labute approximate surface area is 115 Å². The van der Waals surface area contributed by atoms with Crippen LogP contribution < -0.4 is 0 Å². The van der Waals surface area contributed by atoms with Crippen molar-refractivity contribution in [3.63, 3.8) is 0 Å². The molecule has 1 heterocycles. The van der Waals surface area contributed by atoms with E-state index in [0.717, 1.165) is 32.3 Å². The zero-order valence-electron chi connectivity index (χ0n) is 10.1. The lowest BCUT2D eigenvalue weighted by atomic mass is 10.0. The first-order chi connectivity index (χ1) is 8.68. The third-order valence-corrected chi connectivity index (χ3v) is 3.82. The van der Waals surface area contributed by atoms with Crippen LogP contribution in [0.5, 0.6) is 0 Å². The summed E-state index contributed by atoms with van der Waals surface area (Å²) in [6.07, 6.45) is 4.52. The molecule has 0 spiro atoms. The van der Waals surface area contributed by atoms with Crippen LogP contribution in [0.25, 0.3) is 0 Å². The first kappa shape index (κ1) is 13.7. The van der Waals surface area contributed by atoms with E-state index in [1.807, 2.05) is 0 Å². The van der Waals surface area contributed by atoms with Crippen LogP contribution >= 0.6 is 15.9 Å². The van der Waals surface area contributed by atoms with E-state index in [2.05, 4.69) is 15.9 Å². The van der Waals surface area contributed by atoms with Crippen molar-refractivity contribution in [3.05, 3.63) is 34.1 Å². The molecular formula is C14H16BrFO2. The van der Waals surface area contributed by atoms with E-state index in [4.69, 9.17) is 4.74 Å². The summed E-state index contributed by atoms with van der Waals surface area (Å²) in [5, 5.41) is 0. The van der Waals surface area contributed by atoms with Gasteiger partial charge in [0.2, 0.25) is 0 Å². The molecule has 1 aliphatic rings. The Morgan fingerprint density at radius 1 is 1.50 bits per heavy atom. The second-order valence-corrected chi connectivity index (χ2v) is 5.41. The minimum atomic E-state index is -0.459. The summed E-state index contributed by atoms with van der Waals surface area (Å²) in [7, 11) is 0. The van der Waals surface area contributed by atoms with Crippen LogP contribution in [0, 0.1) is 5.82 Å². The van der Waals surface area contributed by atoms with Gasteiger partial charge in [0.15, 0.2) is 5.78 Å². The highest BCUT2D eigenvalue weighted by atomic mass is 79.9. The molecular weight excluding hydrogens is 299 g/mol. The molecule has 0 saturated carbocycles. The summed E-state index contributed by atoms with van der Waals surface area (Å²) in [5.74, 6) is -0.591. The minimum absolute atomic E-state index is 0.133. The summed E-state index contributed by atoms with van der Waals surface area (Å²) < 4.78 is 19.5. The molecule has 1 unspecified atom stereocenters. The normalized spacial score (nSPS) is 19.1. The first-order valence-electron chi connectivity index (χ1n) is 6.27. The summed E-state index contributed by atoms with van der Waals surface area (Å²) >= 11 is 3.09. The molecule has 0 N–H and O–H groups in total. The fourth-order valence-electron chi connectivity index (χ4n) is 2.22. The van der Waals surface area contributed by atoms with Gasteiger partial charge in [0, 0.05) is 13.0 Å². The maximum atomic E-state index is 13.7. The molecule has 2 nitrogen and oxygen atoms in total. The lowest BCUT2D eigenvalue weighted by Crippen LogP contribution is -2.07. The molecule has 0 radical (unpaired) electrons. The number of rotatable bonds is 5. The highest BCUT2D eigenvalue weighted by Gasteiger charge is 2.17. The van der Waals surface area contributed by atoms with Gasteiger partial charge < -0.3 is 4.74 Å². The lowest BCUT2D eigenvalue weighted by molar-refractivity contribution is 0.0920. The van der Waals surface area contributed by atoms with Crippen molar-refractivity contribution < 1.29 is 13.9 Å². The molecule has 0 aromatic heterocycles. The molecule has 0 amide bonds. The molecule has 18 heavy (non-hydrogen) atoms. The van der Waals surface area contributed by atoms with Gasteiger partial charge in [0.25, 0.3) is 0 Å². The largest absolute Gasteiger partial charge is 0.378 e. The van der Waals surface area contributed by atoms with Crippen LogP contribution in [0.15, 0.2) is 22.7 Å². The maximum absolute atomic E-state index is 13.7. The van der Waals surface area contributed by atoms with Crippen molar-refractivity contribution in [2.24, 2.45) is 0 Å². The summed E-state index contributed by atoms with van der Waals surface area (Å²) in [6.45, 7) is 0.832. The number of Topliss-reactive ketones (excluding diaryl/α,β-unsaturated/α-hetero) is 1. The molecule has 1 aliphatic heterocycles. The molecule has 2 rings (SSSR count). The van der Waals surface area contributed by atoms with Gasteiger partial charge in [-0.1, -0.05) is 6.07 Å². The highest BCUT2D eigenvalue weighted by molar-refractivity contribution is 9.10. The van der Waals surface area contributed by atoms with Gasteiger partial charge in [-0.25, -0.2) is 4.39 Å². The van der Waals surface area contributed by atoms with Crippen molar-refractivity contribution in [1.29, 1.82) is 0 Å². The molecule has 1 aromatic carbocycles. The number of hydrogen-bond donors (Lipinski definition) is 0. The van der Waals surface area contributed by atoms with E-state index < -0.39 is 5.82 Å². The molecule has 1 atom stereocenters. The number of carbonyl (C=O) groups is 1. The summed E-state index contributed by atoms with van der Waals surface area (Å²) in [4.78, 5) is 11.9. The van der Waals surface area contributed by atoms with Crippen molar-refractivity contribution in [2.45, 2.75) is 38.2 Å². The average molecular weight is 315 g/mol. The summed E-state index contributed by atoms with van der Waals surface area (Å²) in [6, 6.07) is 4.81. The SMILES string of the molecule is O=C(CCCC1CCCO1)c1cccc(Br)c1F. The van der Waals surface area contributed by atoms with Gasteiger partial charge in [0.05, 0.1) is 16.1 Å². The monoisotopic (exact) mass is 314 g/mol. The Hall–Kier alpha value is -0.740. The van der Waals surface area contributed by atoms with Crippen molar-refractivity contribution >= 4 is 21.7 Å². The van der Waals surface area contributed by atoms with Gasteiger partial charge in [0.1, 0.15) is 5.82 Å². The summed E-state index contributed by atoms with van der Waals surface area (Å²) in [5.41, 5.74) is 0.178. The van der Waals surface area contributed by atoms with Crippen LogP contribution in [-0.4, -0.2) is 18.5 Å². The molecule has 0 aliphatic carbocycles. The second kappa shape index (κ2) is 6.43. The van der Waals surface area contributed by atoms with Crippen LogP contribution in [0.4, 0.5) is 4.39 Å². The Kier molecular flexibility index (Phi) is 4.89. The van der Waals surface area contributed by atoms with Crippen LogP contribution in [0.1, 0.15) is 42.5 Å². The predicted molar refractivity (Wildman–Crippen MR) is 71.3 cm³/mol. The average Bonchev–Trinajstić information content (AvgIpc) is 2.85. The van der Waals surface area contributed by atoms with Gasteiger partial charge >= 0.3 is 0 Å². The topological polar surface area (TPSA) is 26.3 Å². The van der Waals surface area contributed by atoms with Crippen LogP contribution in [0.2, 0.25) is 0 Å². The Balaban J connectivity index is 1.85. The molecule has 1 aromatic rings. The van der Waals surface area contributed by atoms with E-state index in [0.29, 0.717) is 17.0 Å². The van der Waals surface area contributed by atoms with E-state index in [9.17, 15) is 9.18 Å². The minimum Gasteiger partial charge on any atom is -0.378 e. The molecule has 1 fully saturated rings. The standard InChI is InChI=1S/C14H16BrFO2/c15-12-7-2-6-11(14(12)16)13(17)8-1-4-10-5-3-9-18-10/h2,6-7,10H,1,3-5,8-9H2. The van der Waals surface area contributed by atoms with Crippen LogP contribution in [-0.2, 0) is 4.74 Å². The number of ether oxygens (including phenoxy) is 1. The Morgan fingerprint density at radius 2 is 2.33 bits per heavy atom. The predicted octanol–water partition coefficient (Wildman–Crippen LogP) is 4.12. The number of halogens is 2. The third kappa shape index (κ3) is 3.39. The Bertz CT molecular complexity index is 428. The molecule has 0 bridgehead atoms.